The number of carbonyl (C=O) groups is 2. The molecular formula is C15H17ClFNO3. The first kappa shape index (κ1) is 15.8. The highest BCUT2D eigenvalue weighted by Crippen LogP contribution is 2.32. The van der Waals surface area contributed by atoms with Gasteiger partial charge in [0.1, 0.15) is 5.82 Å². The third-order valence-corrected chi connectivity index (χ3v) is 4.22. The van der Waals surface area contributed by atoms with Crippen LogP contribution in [0.1, 0.15) is 24.8 Å². The Hall–Kier alpha value is -1.62. The zero-order chi connectivity index (χ0) is 15.6. The first-order chi connectivity index (χ1) is 9.88. The Labute approximate surface area is 127 Å². The number of aliphatic carboxylic acids is 1. The van der Waals surface area contributed by atoms with Crippen molar-refractivity contribution >= 4 is 23.5 Å². The van der Waals surface area contributed by atoms with Gasteiger partial charge < -0.3 is 10.0 Å². The average molecular weight is 314 g/mol. The van der Waals surface area contributed by atoms with Crippen molar-refractivity contribution in [3.63, 3.8) is 0 Å². The number of carboxylic acids is 1. The molecule has 6 heteroatoms. The second-order valence-electron chi connectivity index (χ2n) is 5.49. The van der Waals surface area contributed by atoms with Gasteiger partial charge in [-0.3, -0.25) is 9.59 Å². The zero-order valence-corrected chi connectivity index (χ0v) is 12.4. The smallest absolute Gasteiger partial charge is 0.306 e. The van der Waals surface area contributed by atoms with E-state index in [9.17, 15) is 14.0 Å². The zero-order valence-electron chi connectivity index (χ0n) is 11.7. The first-order valence-electron chi connectivity index (χ1n) is 6.80. The molecule has 1 amide bonds. The molecule has 0 aromatic heterocycles. The number of benzene rings is 1. The van der Waals surface area contributed by atoms with Crippen LogP contribution in [0, 0.1) is 17.7 Å². The Balaban J connectivity index is 1.96. The van der Waals surface area contributed by atoms with Crippen LogP contribution in [0.15, 0.2) is 18.2 Å². The van der Waals surface area contributed by atoms with Gasteiger partial charge in [0.15, 0.2) is 0 Å². The lowest BCUT2D eigenvalue weighted by atomic mass is 10.0. The van der Waals surface area contributed by atoms with Gasteiger partial charge in [-0.1, -0.05) is 17.7 Å². The molecule has 1 fully saturated rings. The van der Waals surface area contributed by atoms with E-state index in [1.54, 1.807) is 13.1 Å². The number of hydrogen-bond acceptors (Lipinski definition) is 2. The van der Waals surface area contributed by atoms with Crippen molar-refractivity contribution in [1.82, 2.24) is 4.90 Å². The molecule has 1 aliphatic rings. The molecule has 0 unspecified atom stereocenters. The summed E-state index contributed by atoms with van der Waals surface area (Å²) >= 11 is 5.62. The van der Waals surface area contributed by atoms with Gasteiger partial charge in [0.25, 0.3) is 0 Å². The van der Waals surface area contributed by atoms with Gasteiger partial charge in [0.05, 0.1) is 10.9 Å². The van der Waals surface area contributed by atoms with Crippen molar-refractivity contribution in [2.24, 2.45) is 11.8 Å². The summed E-state index contributed by atoms with van der Waals surface area (Å²) < 4.78 is 13.4. The number of carboxylic acid groups (broad SMARTS) is 1. The summed E-state index contributed by atoms with van der Waals surface area (Å²) in [6, 6.07) is 4.44. The maximum Gasteiger partial charge on any atom is 0.306 e. The molecule has 2 atom stereocenters. The molecule has 0 radical (unpaired) electrons. The minimum absolute atomic E-state index is 0.0489. The van der Waals surface area contributed by atoms with Gasteiger partial charge in [-0.15, -0.1) is 0 Å². The normalized spacial score (nSPS) is 21.3. The van der Waals surface area contributed by atoms with Gasteiger partial charge in [0, 0.05) is 19.5 Å². The Morgan fingerprint density at radius 2 is 2.05 bits per heavy atom. The summed E-state index contributed by atoms with van der Waals surface area (Å²) in [5.41, 5.74) is 0.653. The third kappa shape index (κ3) is 3.73. The van der Waals surface area contributed by atoms with Crippen LogP contribution in [0.5, 0.6) is 0 Å². The van der Waals surface area contributed by atoms with Gasteiger partial charge in [-0.2, -0.15) is 0 Å². The molecule has 0 spiro atoms. The quantitative estimate of drug-likeness (QED) is 0.929. The molecular weight excluding hydrogens is 297 g/mol. The molecule has 1 N–H and O–H groups in total. The number of carbonyl (C=O) groups excluding carboxylic acids is 1. The van der Waals surface area contributed by atoms with E-state index in [4.69, 9.17) is 16.7 Å². The minimum atomic E-state index is -0.840. The van der Waals surface area contributed by atoms with Crippen LogP contribution < -0.4 is 0 Å². The lowest BCUT2D eigenvalue weighted by Gasteiger charge is -2.21. The van der Waals surface area contributed by atoms with Crippen molar-refractivity contribution in [2.45, 2.75) is 25.8 Å². The van der Waals surface area contributed by atoms with Gasteiger partial charge in [-0.05, 0) is 37.0 Å². The predicted octanol–water partition coefficient (Wildman–Crippen LogP) is 2.94. The molecule has 1 aromatic rings. The van der Waals surface area contributed by atoms with Gasteiger partial charge >= 0.3 is 5.97 Å². The first-order valence-corrected chi connectivity index (χ1v) is 7.18. The van der Waals surface area contributed by atoms with E-state index in [2.05, 4.69) is 0 Å². The second kappa shape index (κ2) is 6.43. The Morgan fingerprint density at radius 3 is 2.62 bits per heavy atom. The predicted molar refractivity (Wildman–Crippen MR) is 76.4 cm³/mol. The van der Waals surface area contributed by atoms with Crippen LogP contribution >= 0.6 is 11.6 Å². The van der Waals surface area contributed by atoms with E-state index < -0.39 is 17.7 Å². The monoisotopic (exact) mass is 313 g/mol. The molecule has 1 aliphatic carbocycles. The fraction of sp³-hybridized carbons (Fsp3) is 0.467. The molecule has 0 heterocycles. The topological polar surface area (TPSA) is 57.6 Å². The molecule has 1 aromatic carbocycles. The van der Waals surface area contributed by atoms with Crippen LogP contribution in [0.2, 0.25) is 5.02 Å². The summed E-state index contributed by atoms with van der Waals surface area (Å²) in [5.74, 6) is -2.13. The Morgan fingerprint density at radius 1 is 1.38 bits per heavy atom. The van der Waals surface area contributed by atoms with Gasteiger partial charge in [0.2, 0.25) is 5.91 Å². The Bertz CT molecular complexity index is 564. The highest BCUT2D eigenvalue weighted by Gasteiger charge is 2.35. The molecule has 0 saturated heterocycles. The number of rotatable bonds is 4. The summed E-state index contributed by atoms with van der Waals surface area (Å²) in [6.45, 7) is 0.279. The SMILES string of the molecule is CN(Cc1ccc(Cl)c(F)c1)C(=O)[C@@H]1CC[C@H](C(=O)O)C1. The van der Waals surface area contributed by atoms with Crippen molar-refractivity contribution in [3.05, 3.63) is 34.6 Å². The number of amides is 1. The maximum atomic E-state index is 13.4. The van der Waals surface area contributed by atoms with E-state index in [1.807, 2.05) is 0 Å². The second-order valence-corrected chi connectivity index (χ2v) is 5.90. The number of hydrogen-bond donors (Lipinski definition) is 1. The summed E-state index contributed by atoms with van der Waals surface area (Å²) in [6.07, 6.45) is 1.51. The highest BCUT2D eigenvalue weighted by atomic mass is 35.5. The van der Waals surface area contributed by atoms with E-state index in [-0.39, 0.29) is 23.4 Å². The van der Waals surface area contributed by atoms with Crippen molar-refractivity contribution < 1.29 is 19.1 Å². The van der Waals surface area contributed by atoms with Crippen LogP contribution in [-0.2, 0) is 16.1 Å². The summed E-state index contributed by atoms with van der Waals surface area (Å²) in [7, 11) is 1.64. The van der Waals surface area contributed by atoms with E-state index in [1.165, 1.54) is 17.0 Å². The molecule has 114 valence electrons. The fourth-order valence-electron chi connectivity index (χ4n) is 2.73. The molecule has 4 nitrogen and oxygen atoms in total. The van der Waals surface area contributed by atoms with Crippen LogP contribution in [-0.4, -0.2) is 28.9 Å². The number of halogens is 2. The largest absolute Gasteiger partial charge is 0.481 e. The van der Waals surface area contributed by atoms with Gasteiger partial charge in [-0.25, -0.2) is 4.39 Å². The third-order valence-electron chi connectivity index (χ3n) is 3.91. The van der Waals surface area contributed by atoms with E-state index in [0.717, 1.165) is 0 Å². The van der Waals surface area contributed by atoms with E-state index in [0.29, 0.717) is 24.8 Å². The van der Waals surface area contributed by atoms with E-state index >= 15 is 0 Å². The fourth-order valence-corrected chi connectivity index (χ4v) is 2.85. The standard InChI is InChI=1S/C15H17ClFNO3/c1-18(8-9-2-5-12(16)13(17)6-9)14(19)10-3-4-11(7-10)15(20)21/h2,5-6,10-11H,3-4,7-8H2,1H3,(H,20,21)/t10-,11+/m1/s1. The van der Waals surface area contributed by atoms with Crippen molar-refractivity contribution in [3.8, 4) is 0 Å². The lowest BCUT2D eigenvalue weighted by molar-refractivity contribution is -0.141. The molecule has 0 bridgehead atoms. The van der Waals surface area contributed by atoms with Crippen LogP contribution in [0.4, 0.5) is 4.39 Å². The van der Waals surface area contributed by atoms with Crippen molar-refractivity contribution in [1.29, 1.82) is 0 Å². The highest BCUT2D eigenvalue weighted by molar-refractivity contribution is 6.30. The maximum absolute atomic E-state index is 13.4. The molecule has 0 aliphatic heterocycles. The molecule has 1 saturated carbocycles. The molecule has 21 heavy (non-hydrogen) atoms. The van der Waals surface area contributed by atoms with Crippen LogP contribution in [0.25, 0.3) is 0 Å². The minimum Gasteiger partial charge on any atom is -0.481 e. The number of nitrogens with zero attached hydrogens (tertiary/aromatic N) is 1. The summed E-state index contributed by atoms with van der Waals surface area (Å²) in [5, 5.41) is 9.01. The Kier molecular flexibility index (Phi) is 4.83. The van der Waals surface area contributed by atoms with Crippen molar-refractivity contribution in [2.75, 3.05) is 7.05 Å². The van der Waals surface area contributed by atoms with Crippen LogP contribution in [0.3, 0.4) is 0 Å². The average Bonchev–Trinajstić information content (AvgIpc) is 2.92. The molecule has 2 rings (SSSR count). The lowest BCUT2D eigenvalue weighted by Crippen LogP contribution is -2.31. The summed E-state index contributed by atoms with van der Waals surface area (Å²) in [4.78, 5) is 24.7.